The van der Waals surface area contributed by atoms with Crippen LogP contribution >= 0.6 is 24.0 Å². The highest BCUT2D eigenvalue weighted by Gasteiger charge is 2.24. The van der Waals surface area contributed by atoms with Gasteiger partial charge >= 0.3 is 0 Å². The summed E-state index contributed by atoms with van der Waals surface area (Å²) >= 11 is 6.03. The molecule has 0 saturated carbocycles. The Labute approximate surface area is 166 Å². The fourth-order valence-electron chi connectivity index (χ4n) is 2.79. The van der Waals surface area contributed by atoms with E-state index < -0.39 is 6.04 Å². The zero-order chi connectivity index (χ0) is 18.4. The van der Waals surface area contributed by atoms with Crippen LogP contribution in [-0.4, -0.2) is 55.5 Å². The minimum Gasteiger partial charge on any atom is -0.368 e. The number of halogens is 2. The van der Waals surface area contributed by atoms with Crippen LogP contribution in [0.4, 0.5) is 5.69 Å². The van der Waals surface area contributed by atoms with Gasteiger partial charge in [-0.2, -0.15) is 0 Å². The number of anilines is 1. The second-order valence-corrected chi connectivity index (χ2v) is 6.91. The van der Waals surface area contributed by atoms with E-state index in [4.69, 9.17) is 17.3 Å². The van der Waals surface area contributed by atoms with Crippen molar-refractivity contribution < 1.29 is 9.59 Å². The molecule has 0 radical (unpaired) electrons. The molecule has 146 valence electrons. The normalized spacial score (nSPS) is 16.5. The maximum Gasteiger partial charge on any atom is 0.242 e. The number of nitrogens with zero attached hydrogens (tertiary/aromatic N) is 2. The molecule has 2 atom stereocenters. The molecule has 3 N–H and O–H groups in total. The fourth-order valence-corrected chi connectivity index (χ4v) is 2.98. The maximum atomic E-state index is 12.3. The number of amides is 2. The van der Waals surface area contributed by atoms with Gasteiger partial charge in [-0.05, 0) is 24.1 Å². The Morgan fingerprint density at radius 1 is 1.27 bits per heavy atom. The summed E-state index contributed by atoms with van der Waals surface area (Å²) < 4.78 is 0. The number of carbonyl (C=O) groups is 2. The fraction of sp³-hybridized carbons (Fsp3) is 0.556. The standard InChI is InChI=1S/C18H27ClN4O2.ClH/c1-3-13(2)17(20)18(25)21-12-16(24)23-9-7-22(8-10-23)15-6-4-5-14(19)11-15;/h4-6,11,13,17H,3,7-10,12,20H2,1-2H3,(H,21,25);1H. The second kappa shape index (κ2) is 10.6. The molecule has 1 aliphatic heterocycles. The van der Waals surface area contributed by atoms with Gasteiger partial charge in [0.05, 0.1) is 12.6 Å². The summed E-state index contributed by atoms with van der Waals surface area (Å²) in [6, 6.07) is 7.13. The highest BCUT2D eigenvalue weighted by Crippen LogP contribution is 2.20. The molecule has 0 aromatic heterocycles. The number of piperazine rings is 1. The van der Waals surface area contributed by atoms with Crippen LogP contribution < -0.4 is 16.0 Å². The summed E-state index contributed by atoms with van der Waals surface area (Å²) in [5, 5.41) is 3.36. The molecule has 1 aromatic rings. The van der Waals surface area contributed by atoms with Gasteiger partial charge < -0.3 is 20.9 Å². The van der Waals surface area contributed by atoms with E-state index in [1.807, 2.05) is 38.1 Å². The number of benzene rings is 1. The van der Waals surface area contributed by atoms with Crippen molar-refractivity contribution >= 4 is 41.5 Å². The summed E-state index contributed by atoms with van der Waals surface area (Å²) in [5.41, 5.74) is 6.94. The average molecular weight is 403 g/mol. The van der Waals surface area contributed by atoms with Crippen molar-refractivity contribution in [2.45, 2.75) is 26.3 Å². The Morgan fingerprint density at radius 2 is 1.92 bits per heavy atom. The lowest BCUT2D eigenvalue weighted by atomic mass is 9.99. The van der Waals surface area contributed by atoms with Crippen LogP contribution in [0.3, 0.4) is 0 Å². The molecule has 2 amide bonds. The van der Waals surface area contributed by atoms with E-state index >= 15 is 0 Å². The molecule has 1 saturated heterocycles. The van der Waals surface area contributed by atoms with Gasteiger partial charge in [0.2, 0.25) is 11.8 Å². The van der Waals surface area contributed by atoms with Gasteiger partial charge in [0.15, 0.2) is 0 Å². The van der Waals surface area contributed by atoms with Crippen molar-refractivity contribution in [1.29, 1.82) is 0 Å². The number of hydrogen-bond donors (Lipinski definition) is 2. The van der Waals surface area contributed by atoms with Gasteiger partial charge in [-0.15, -0.1) is 12.4 Å². The number of hydrogen-bond acceptors (Lipinski definition) is 4. The highest BCUT2D eigenvalue weighted by atomic mass is 35.5. The van der Waals surface area contributed by atoms with E-state index in [2.05, 4.69) is 10.2 Å². The maximum absolute atomic E-state index is 12.3. The Hall–Kier alpha value is -1.50. The van der Waals surface area contributed by atoms with Gasteiger partial charge in [0.25, 0.3) is 0 Å². The molecule has 26 heavy (non-hydrogen) atoms. The quantitative estimate of drug-likeness (QED) is 0.761. The molecule has 1 aliphatic rings. The minimum absolute atomic E-state index is 0. The Balaban J connectivity index is 0.00000338. The number of rotatable bonds is 6. The van der Waals surface area contributed by atoms with Crippen LogP contribution in [0.25, 0.3) is 0 Å². The summed E-state index contributed by atoms with van der Waals surface area (Å²) in [5.74, 6) is -0.243. The first-order valence-electron chi connectivity index (χ1n) is 8.74. The molecule has 1 heterocycles. The topological polar surface area (TPSA) is 78.7 Å². The first kappa shape index (κ1) is 22.5. The van der Waals surface area contributed by atoms with Gasteiger partial charge in [-0.3, -0.25) is 9.59 Å². The summed E-state index contributed by atoms with van der Waals surface area (Å²) in [6.07, 6.45) is 0.827. The Kier molecular flexibility index (Phi) is 9.19. The van der Waals surface area contributed by atoms with Crippen LogP contribution in [0.2, 0.25) is 5.02 Å². The van der Waals surface area contributed by atoms with Crippen molar-refractivity contribution in [3.05, 3.63) is 29.3 Å². The Morgan fingerprint density at radius 3 is 2.50 bits per heavy atom. The zero-order valence-corrected chi connectivity index (χ0v) is 16.9. The zero-order valence-electron chi connectivity index (χ0n) is 15.3. The molecule has 0 spiro atoms. The third kappa shape index (κ3) is 6.04. The minimum atomic E-state index is -0.572. The van der Waals surface area contributed by atoms with Crippen molar-refractivity contribution in [1.82, 2.24) is 10.2 Å². The van der Waals surface area contributed by atoms with E-state index in [0.29, 0.717) is 18.1 Å². The monoisotopic (exact) mass is 402 g/mol. The summed E-state index contributed by atoms with van der Waals surface area (Å²) in [6.45, 7) is 6.65. The molecule has 0 bridgehead atoms. The summed E-state index contributed by atoms with van der Waals surface area (Å²) in [7, 11) is 0. The van der Waals surface area contributed by atoms with Crippen LogP contribution in [-0.2, 0) is 9.59 Å². The van der Waals surface area contributed by atoms with E-state index in [1.165, 1.54) is 0 Å². The second-order valence-electron chi connectivity index (χ2n) is 6.48. The third-order valence-electron chi connectivity index (χ3n) is 4.78. The molecular weight excluding hydrogens is 375 g/mol. The summed E-state index contributed by atoms with van der Waals surface area (Å²) in [4.78, 5) is 28.2. The molecule has 2 unspecified atom stereocenters. The predicted octanol–water partition coefficient (Wildman–Crippen LogP) is 1.90. The highest BCUT2D eigenvalue weighted by molar-refractivity contribution is 6.30. The molecule has 2 rings (SSSR count). The Bertz CT molecular complexity index is 607. The number of nitrogens with one attached hydrogen (secondary N) is 1. The lowest BCUT2D eigenvalue weighted by molar-refractivity contribution is -0.133. The van der Waals surface area contributed by atoms with Gasteiger partial charge in [0.1, 0.15) is 0 Å². The number of carbonyl (C=O) groups excluding carboxylic acids is 2. The first-order valence-corrected chi connectivity index (χ1v) is 9.11. The van der Waals surface area contributed by atoms with E-state index in [9.17, 15) is 9.59 Å². The van der Waals surface area contributed by atoms with E-state index in [1.54, 1.807) is 4.90 Å². The van der Waals surface area contributed by atoms with Gasteiger partial charge in [0, 0.05) is 36.9 Å². The largest absolute Gasteiger partial charge is 0.368 e. The van der Waals surface area contributed by atoms with Gasteiger partial charge in [-0.1, -0.05) is 37.9 Å². The van der Waals surface area contributed by atoms with Crippen LogP contribution in [0.1, 0.15) is 20.3 Å². The van der Waals surface area contributed by atoms with Gasteiger partial charge in [-0.25, -0.2) is 0 Å². The van der Waals surface area contributed by atoms with Crippen LogP contribution in [0.5, 0.6) is 0 Å². The average Bonchev–Trinajstić information content (AvgIpc) is 2.64. The molecule has 0 aliphatic carbocycles. The number of nitrogens with two attached hydrogens (primary N) is 1. The third-order valence-corrected chi connectivity index (χ3v) is 5.01. The molecule has 6 nitrogen and oxygen atoms in total. The van der Waals surface area contributed by atoms with Crippen LogP contribution in [0, 0.1) is 5.92 Å². The lowest BCUT2D eigenvalue weighted by Crippen LogP contribution is -2.53. The first-order chi connectivity index (χ1) is 11.9. The van der Waals surface area contributed by atoms with E-state index in [0.717, 1.165) is 25.2 Å². The predicted molar refractivity (Wildman–Crippen MR) is 108 cm³/mol. The SMILES string of the molecule is CCC(C)C(N)C(=O)NCC(=O)N1CCN(c2cccc(Cl)c2)CC1.Cl. The van der Waals surface area contributed by atoms with E-state index in [-0.39, 0.29) is 36.7 Å². The van der Waals surface area contributed by atoms with Crippen molar-refractivity contribution in [3.63, 3.8) is 0 Å². The van der Waals surface area contributed by atoms with Crippen molar-refractivity contribution in [3.8, 4) is 0 Å². The lowest BCUT2D eigenvalue weighted by Gasteiger charge is -2.36. The molecule has 8 heteroatoms. The van der Waals surface area contributed by atoms with Crippen molar-refractivity contribution in [2.75, 3.05) is 37.6 Å². The molecular formula is C18H28Cl2N4O2. The van der Waals surface area contributed by atoms with Crippen LogP contribution in [0.15, 0.2) is 24.3 Å². The molecule has 1 fully saturated rings. The smallest absolute Gasteiger partial charge is 0.242 e. The van der Waals surface area contributed by atoms with Crippen molar-refractivity contribution in [2.24, 2.45) is 11.7 Å². The molecule has 1 aromatic carbocycles.